The molecule has 1 aromatic carbocycles. The molecular formula is C14H13F3N2O2. The van der Waals surface area contributed by atoms with Crippen molar-refractivity contribution in [3.63, 3.8) is 0 Å². The molecule has 0 bridgehead atoms. The number of rotatable bonds is 4. The van der Waals surface area contributed by atoms with Gasteiger partial charge in [-0.3, -0.25) is 4.68 Å². The highest BCUT2D eigenvalue weighted by molar-refractivity contribution is 5.88. The Bertz CT molecular complexity index is 635. The van der Waals surface area contributed by atoms with Crippen molar-refractivity contribution >= 4 is 5.97 Å². The van der Waals surface area contributed by atoms with Gasteiger partial charge in [-0.25, -0.2) is 4.79 Å². The zero-order chi connectivity index (χ0) is 15.5. The molecule has 2 rings (SSSR count). The van der Waals surface area contributed by atoms with Gasteiger partial charge < -0.3 is 4.74 Å². The number of hydrogen-bond acceptors (Lipinski definition) is 3. The Hall–Kier alpha value is -2.31. The van der Waals surface area contributed by atoms with Gasteiger partial charge in [0.25, 0.3) is 0 Å². The number of carbonyl (C=O) groups excluding carboxylic acids is 1. The Balaban J connectivity index is 2.14. The predicted molar refractivity (Wildman–Crippen MR) is 68.7 cm³/mol. The minimum atomic E-state index is -4.38. The number of halogens is 3. The second-order valence-corrected chi connectivity index (χ2v) is 4.35. The second kappa shape index (κ2) is 5.99. The first-order valence-electron chi connectivity index (χ1n) is 6.26. The summed E-state index contributed by atoms with van der Waals surface area (Å²) in [6.07, 6.45) is -1.61. The van der Waals surface area contributed by atoms with E-state index in [0.717, 1.165) is 12.1 Å². The Kier molecular flexibility index (Phi) is 4.30. The highest BCUT2D eigenvalue weighted by Crippen LogP contribution is 2.29. The molecule has 7 heteroatoms. The van der Waals surface area contributed by atoms with Gasteiger partial charge in [-0.1, -0.05) is 12.1 Å². The van der Waals surface area contributed by atoms with Crippen LogP contribution in [-0.2, 0) is 17.5 Å². The minimum Gasteiger partial charge on any atom is -0.462 e. The van der Waals surface area contributed by atoms with E-state index in [9.17, 15) is 18.0 Å². The van der Waals surface area contributed by atoms with Crippen molar-refractivity contribution in [2.45, 2.75) is 19.6 Å². The van der Waals surface area contributed by atoms with Crippen LogP contribution >= 0.6 is 0 Å². The molecular weight excluding hydrogens is 285 g/mol. The van der Waals surface area contributed by atoms with E-state index in [2.05, 4.69) is 5.10 Å². The quantitative estimate of drug-likeness (QED) is 0.815. The van der Waals surface area contributed by atoms with E-state index in [-0.39, 0.29) is 18.7 Å². The molecule has 0 amide bonds. The van der Waals surface area contributed by atoms with Crippen LogP contribution in [0.4, 0.5) is 13.2 Å². The summed E-state index contributed by atoms with van der Waals surface area (Å²) in [4.78, 5) is 11.5. The van der Waals surface area contributed by atoms with E-state index in [1.807, 2.05) is 0 Å². The number of aromatic nitrogens is 2. The number of nitrogens with zero attached hydrogens (tertiary/aromatic N) is 2. The smallest absolute Gasteiger partial charge is 0.416 e. The molecule has 0 aliphatic rings. The Labute approximate surface area is 119 Å². The lowest BCUT2D eigenvalue weighted by Crippen LogP contribution is -2.07. The van der Waals surface area contributed by atoms with Crippen LogP contribution in [0.15, 0.2) is 36.7 Å². The average Bonchev–Trinajstić information content (AvgIpc) is 2.87. The van der Waals surface area contributed by atoms with Crippen molar-refractivity contribution in [1.29, 1.82) is 0 Å². The summed E-state index contributed by atoms with van der Waals surface area (Å²) in [7, 11) is 0. The fourth-order valence-electron chi connectivity index (χ4n) is 1.80. The number of hydrogen-bond donors (Lipinski definition) is 0. The van der Waals surface area contributed by atoms with Crippen molar-refractivity contribution < 1.29 is 22.7 Å². The van der Waals surface area contributed by atoms with Crippen LogP contribution in [0.3, 0.4) is 0 Å². The van der Waals surface area contributed by atoms with Crippen molar-refractivity contribution in [2.24, 2.45) is 0 Å². The third-order valence-electron chi connectivity index (χ3n) is 2.74. The number of carbonyl (C=O) groups is 1. The highest BCUT2D eigenvalue weighted by atomic mass is 19.4. The molecule has 0 radical (unpaired) electrons. The largest absolute Gasteiger partial charge is 0.462 e. The van der Waals surface area contributed by atoms with Crippen molar-refractivity contribution in [2.75, 3.05) is 6.61 Å². The first kappa shape index (κ1) is 15.1. The molecule has 0 N–H and O–H groups in total. The van der Waals surface area contributed by atoms with Crippen LogP contribution < -0.4 is 0 Å². The normalized spacial score (nSPS) is 11.4. The lowest BCUT2D eigenvalue weighted by Gasteiger charge is -2.08. The van der Waals surface area contributed by atoms with Crippen molar-refractivity contribution in [3.8, 4) is 0 Å². The standard InChI is InChI=1S/C14H13F3N2O2/c1-2-21-13(20)11-7-18-19(9-11)8-10-4-3-5-12(6-10)14(15,16)17/h3-7,9H,2,8H2,1H3. The molecule has 1 aromatic heterocycles. The van der Waals surface area contributed by atoms with Crippen LogP contribution in [0.5, 0.6) is 0 Å². The molecule has 112 valence electrons. The topological polar surface area (TPSA) is 44.1 Å². The lowest BCUT2D eigenvalue weighted by molar-refractivity contribution is -0.137. The summed E-state index contributed by atoms with van der Waals surface area (Å²) in [6.45, 7) is 2.08. The lowest BCUT2D eigenvalue weighted by atomic mass is 10.1. The summed E-state index contributed by atoms with van der Waals surface area (Å²) in [6, 6.07) is 4.98. The monoisotopic (exact) mass is 298 g/mol. The molecule has 0 saturated heterocycles. The molecule has 0 fully saturated rings. The Morgan fingerprint density at radius 1 is 1.38 bits per heavy atom. The molecule has 0 spiro atoms. The molecule has 0 unspecified atom stereocenters. The maximum absolute atomic E-state index is 12.6. The maximum atomic E-state index is 12.6. The van der Waals surface area contributed by atoms with Gasteiger partial charge in [0.15, 0.2) is 0 Å². The molecule has 0 aliphatic heterocycles. The summed E-state index contributed by atoms with van der Waals surface area (Å²) in [5.74, 6) is -0.507. The SMILES string of the molecule is CCOC(=O)c1cnn(Cc2cccc(C(F)(F)F)c2)c1. The molecule has 2 aromatic rings. The summed E-state index contributed by atoms with van der Waals surface area (Å²) >= 11 is 0. The van der Waals surface area contributed by atoms with E-state index < -0.39 is 17.7 Å². The van der Waals surface area contributed by atoms with E-state index in [1.165, 1.54) is 23.1 Å². The van der Waals surface area contributed by atoms with Gasteiger partial charge in [-0.15, -0.1) is 0 Å². The summed E-state index contributed by atoms with van der Waals surface area (Å²) < 4.78 is 44.1. The van der Waals surface area contributed by atoms with Gasteiger partial charge in [0, 0.05) is 6.20 Å². The zero-order valence-electron chi connectivity index (χ0n) is 11.2. The molecule has 1 heterocycles. The number of esters is 1. The van der Waals surface area contributed by atoms with Crippen LogP contribution in [0.25, 0.3) is 0 Å². The van der Waals surface area contributed by atoms with E-state index in [4.69, 9.17) is 4.74 Å². The van der Waals surface area contributed by atoms with Crippen LogP contribution in [-0.4, -0.2) is 22.4 Å². The Morgan fingerprint density at radius 3 is 2.81 bits per heavy atom. The molecule has 0 saturated carbocycles. The summed E-state index contributed by atoms with van der Waals surface area (Å²) in [5, 5.41) is 3.94. The maximum Gasteiger partial charge on any atom is 0.416 e. The number of benzene rings is 1. The minimum absolute atomic E-state index is 0.142. The Morgan fingerprint density at radius 2 is 2.14 bits per heavy atom. The van der Waals surface area contributed by atoms with E-state index in [0.29, 0.717) is 5.56 Å². The third kappa shape index (κ3) is 3.84. The fourth-order valence-corrected chi connectivity index (χ4v) is 1.80. The molecule has 21 heavy (non-hydrogen) atoms. The molecule has 4 nitrogen and oxygen atoms in total. The number of ether oxygens (including phenoxy) is 1. The van der Waals surface area contributed by atoms with Crippen LogP contribution in [0.2, 0.25) is 0 Å². The predicted octanol–water partition coefficient (Wildman–Crippen LogP) is 3.13. The first-order chi connectivity index (χ1) is 9.90. The van der Waals surface area contributed by atoms with Crippen LogP contribution in [0, 0.1) is 0 Å². The van der Waals surface area contributed by atoms with Gasteiger partial charge in [0.1, 0.15) is 0 Å². The summed E-state index contributed by atoms with van der Waals surface area (Å²) in [5.41, 5.74) is 0.00457. The van der Waals surface area contributed by atoms with Crippen LogP contribution in [0.1, 0.15) is 28.4 Å². The first-order valence-corrected chi connectivity index (χ1v) is 6.26. The third-order valence-corrected chi connectivity index (χ3v) is 2.74. The zero-order valence-corrected chi connectivity index (χ0v) is 11.2. The van der Waals surface area contributed by atoms with Gasteiger partial charge in [-0.2, -0.15) is 18.3 Å². The van der Waals surface area contributed by atoms with E-state index >= 15 is 0 Å². The van der Waals surface area contributed by atoms with Gasteiger partial charge >= 0.3 is 12.1 Å². The molecule has 0 aliphatic carbocycles. The van der Waals surface area contributed by atoms with Crippen molar-refractivity contribution in [1.82, 2.24) is 9.78 Å². The second-order valence-electron chi connectivity index (χ2n) is 4.35. The van der Waals surface area contributed by atoms with Gasteiger partial charge in [-0.05, 0) is 24.6 Å². The highest BCUT2D eigenvalue weighted by Gasteiger charge is 2.30. The number of alkyl halides is 3. The fraction of sp³-hybridized carbons (Fsp3) is 0.286. The van der Waals surface area contributed by atoms with Crippen molar-refractivity contribution in [3.05, 3.63) is 53.3 Å². The van der Waals surface area contributed by atoms with Gasteiger partial charge in [0.05, 0.1) is 30.5 Å². The average molecular weight is 298 g/mol. The van der Waals surface area contributed by atoms with Gasteiger partial charge in [0.2, 0.25) is 0 Å². The molecule has 0 atom stereocenters. The van der Waals surface area contributed by atoms with E-state index in [1.54, 1.807) is 13.0 Å².